The van der Waals surface area contributed by atoms with Crippen molar-refractivity contribution in [2.75, 3.05) is 39.7 Å². The van der Waals surface area contributed by atoms with Crippen LogP contribution in [0.4, 0.5) is 0 Å². The van der Waals surface area contributed by atoms with Crippen molar-refractivity contribution in [3.05, 3.63) is 35.5 Å². The lowest BCUT2D eigenvalue weighted by atomic mass is 10.2. The Kier molecular flexibility index (Phi) is 7.49. The minimum atomic E-state index is -0.806. The van der Waals surface area contributed by atoms with E-state index in [-0.39, 0.29) is 30.6 Å². The number of morpholine rings is 1. The first kappa shape index (κ1) is 21.9. The zero-order valence-electron chi connectivity index (χ0n) is 16.6. The van der Waals surface area contributed by atoms with E-state index in [4.69, 9.17) is 19.9 Å². The molecule has 0 spiro atoms. The third kappa shape index (κ3) is 5.40. The SMILES string of the molecule is COCc1cc(OCC2CN(C(=O)c3nccnc3C(N)=O)CCO2)nc(SC)n1. The van der Waals surface area contributed by atoms with Gasteiger partial charge in [-0.25, -0.2) is 15.0 Å². The minimum Gasteiger partial charge on any atom is -0.475 e. The van der Waals surface area contributed by atoms with Crippen LogP contribution in [0, 0.1) is 0 Å². The van der Waals surface area contributed by atoms with Gasteiger partial charge in [0.2, 0.25) is 5.88 Å². The highest BCUT2D eigenvalue weighted by Gasteiger charge is 2.29. The summed E-state index contributed by atoms with van der Waals surface area (Å²) in [5.74, 6) is -0.836. The first-order valence-electron chi connectivity index (χ1n) is 9.07. The van der Waals surface area contributed by atoms with Gasteiger partial charge in [0.15, 0.2) is 16.5 Å². The highest BCUT2D eigenvalue weighted by atomic mass is 32.2. The zero-order valence-corrected chi connectivity index (χ0v) is 17.4. The maximum absolute atomic E-state index is 12.8. The van der Waals surface area contributed by atoms with Crippen molar-refractivity contribution in [2.24, 2.45) is 5.73 Å². The largest absolute Gasteiger partial charge is 0.475 e. The van der Waals surface area contributed by atoms with Crippen LogP contribution in [0.2, 0.25) is 0 Å². The fourth-order valence-corrected chi connectivity index (χ4v) is 3.23. The van der Waals surface area contributed by atoms with Gasteiger partial charge >= 0.3 is 0 Å². The molecule has 3 rings (SSSR count). The molecule has 0 aromatic carbocycles. The van der Waals surface area contributed by atoms with Crippen LogP contribution in [-0.2, 0) is 16.1 Å². The second kappa shape index (κ2) is 10.3. The highest BCUT2D eigenvalue weighted by Crippen LogP contribution is 2.18. The lowest BCUT2D eigenvalue weighted by Crippen LogP contribution is -2.48. The van der Waals surface area contributed by atoms with Crippen LogP contribution in [0.25, 0.3) is 0 Å². The number of thioether (sulfide) groups is 1. The van der Waals surface area contributed by atoms with Gasteiger partial charge in [0, 0.05) is 32.1 Å². The first-order chi connectivity index (χ1) is 14.5. The molecule has 1 fully saturated rings. The Morgan fingerprint density at radius 3 is 2.77 bits per heavy atom. The summed E-state index contributed by atoms with van der Waals surface area (Å²) in [7, 11) is 1.59. The fourth-order valence-electron chi connectivity index (χ4n) is 2.84. The van der Waals surface area contributed by atoms with Crippen molar-refractivity contribution in [1.82, 2.24) is 24.8 Å². The van der Waals surface area contributed by atoms with Crippen LogP contribution in [0.3, 0.4) is 0 Å². The molecule has 2 aromatic heterocycles. The molecule has 0 radical (unpaired) electrons. The topological polar surface area (TPSA) is 143 Å². The smallest absolute Gasteiger partial charge is 0.275 e. The molecular formula is C18H22N6O5S. The number of amides is 2. The van der Waals surface area contributed by atoms with E-state index in [1.165, 1.54) is 29.1 Å². The summed E-state index contributed by atoms with van der Waals surface area (Å²) in [5.41, 5.74) is 5.78. The lowest BCUT2D eigenvalue weighted by molar-refractivity contribution is -0.0410. The number of nitrogens with zero attached hydrogens (tertiary/aromatic N) is 5. The molecule has 11 nitrogen and oxygen atoms in total. The van der Waals surface area contributed by atoms with Crippen LogP contribution in [0.5, 0.6) is 5.88 Å². The minimum absolute atomic E-state index is 0.0730. The van der Waals surface area contributed by atoms with Gasteiger partial charge in [0.1, 0.15) is 12.7 Å². The molecule has 2 amide bonds. The number of hydrogen-bond donors (Lipinski definition) is 1. The molecule has 1 aliphatic rings. The van der Waals surface area contributed by atoms with Crippen molar-refractivity contribution in [1.29, 1.82) is 0 Å². The quantitative estimate of drug-likeness (QED) is 0.450. The summed E-state index contributed by atoms with van der Waals surface area (Å²) >= 11 is 1.40. The third-order valence-corrected chi connectivity index (χ3v) is 4.74. The molecule has 1 unspecified atom stereocenters. The van der Waals surface area contributed by atoms with E-state index in [1.54, 1.807) is 13.2 Å². The second-order valence-electron chi connectivity index (χ2n) is 6.29. The normalized spacial score (nSPS) is 16.3. The average Bonchev–Trinajstić information content (AvgIpc) is 2.77. The molecule has 0 aliphatic carbocycles. The Morgan fingerprint density at radius 1 is 1.30 bits per heavy atom. The number of nitrogens with two attached hydrogens (primary N) is 1. The van der Waals surface area contributed by atoms with Gasteiger partial charge in [-0.3, -0.25) is 9.59 Å². The predicted octanol–water partition coefficient (Wildman–Crippen LogP) is 0.154. The van der Waals surface area contributed by atoms with E-state index in [0.717, 1.165) is 0 Å². The summed E-state index contributed by atoms with van der Waals surface area (Å²) in [6.45, 7) is 1.46. The Bertz CT molecular complexity index is 914. The highest BCUT2D eigenvalue weighted by molar-refractivity contribution is 7.98. The number of rotatable bonds is 8. The van der Waals surface area contributed by atoms with E-state index in [2.05, 4.69) is 19.9 Å². The summed E-state index contributed by atoms with van der Waals surface area (Å²) in [6, 6.07) is 1.70. The van der Waals surface area contributed by atoms with E-state index in [0.29, 0.717) is 36.5 Å². The van der Waals surface area contributed by atoms with Gasteiger partial charge in [-0.2, -0.15) is 4.98 Å². The second-order valence-corrected chi connectivity index (χ2v) is 7.06. The van der Waals surface area contributed by atoms with Gasteiger partial charge in [-0.05, 0) is 6.26 Å². The van der Waals surface area contributed by atoms with Crippen molar-refractivity contribution < 1.29 is 23.8 Å². The molecule has 1 aliphatic heterocycles. The van der Waals surface area contributed by atoms with Crippen LogP contribution in [0.1, 0.15) is 26.7 Å². The number of hydrogen-bond acceptors (Lipinski definition) is 10. The number of primary amides is 1. The maximum atomic E-state index is 12.8. The fraction of sp³-hybridized carbons (Fsp3) is 0.444. The van der Waals surface area contributed by atoms with Gasteiger partial charge < -0.3 is 24.8 Å². The predicted molar refractivity (Wildman–Crippen MR) is 106 cm³/mol. The van der Waals surface area contributed by atoms with Gasteiger partial charge in [-0.1, -0.05) is 11.8 Å². The molecule has 3 heterocycles. The lowest BCUT2D eigenvalue weighted by Gasteiger charge is -2.32. The molecule has 0 bridgehead atoms. The number of carbonyl (C=O) groups excluding carboxylic acids is 2. The Hall–Kier alpha value is -2.83. The zero-order chi connectivity index (χ0) is 21.5. The number of aromatic nitrogens is 4. The van der Waals surface area contributed by atoms with E-state index >= 15 is 0 Å². The molecule has 12 heteroatoms. The van der Waals surface area contributed by atoms with Crippen molar-refractivity contribution >= 4 is 23.6 Å². The molecule has 30 heavy (non-hydrogen) atoms. The standard InChI is InChI=1S/C18H22N6O5S/c1-27-9-11-7-13(23-18(22-11)30-2)29-10-12-8-24(5-6-28-12)17(26)15-14(16(19)25)20-3-4-21-15/h3-4,7,12H,5-6,8-10H2,1-2H3,(H2,19,25). The Balaban J connectivity index is 1.65. The summed E-state index contributed by atoms with van der Waals surface area (Å²) in [6.07, 6.45) is 4.15. The van der Waals surface area contributed by atoms with Gasteiger partial charge in [-0.15, -0.1) is 0 Å². The monoisotopic (exact) mass is 434 g/mol. The van der Waals surface area contributed by atoms with Crippen LogP contribution in [0.15, 0.2) is 23.6 Å². The maximum Gasteiger partial charge on any atom is 0.275 e. The van der Waals surface area contributed by atoms with Crippen molar-refractivity contribution in [2.45, 2.75) is 17.9 Å². The molecule has 1 atom stereocenters. The van der Waals surface area contributed by atoms with Crippen molar-refractivity contribution in [3.8, 4) is 5.88 Å². The van der Waals surface area contributed by atoms with Crippen LogP contribution in [-0.4, -0.2) is 82.4 Å². The van der Waals surface area contributed by atoms with Gasteiger partial charge in [0.05, 0.1) is 25.5 Å². The van der Waals surface area contributed by atoms with Gasteiger partial charge in [0.25, 0.3) is 11.8 Å². The number of carbonyl (C=O) groups is 2. The molecule has 2 N–H and O–H groups in total. The molecule has 160 valence electrons. The molecule has 2 aromatic rings. The van der Waals surface area contributed by atoms with E-state index < -0.39 is 11.8 Å². The molecule has 1 saturated heterocycles. The van der Waals surface area contributed by atoms with Crippen molar-refractivity contribution in [3.63, 3.8) is 0 Å². The summed E-state index contributed by atoms with van der Waals surface area (Å²) < 4.78 is 16.6. The average molecular weight is 434 g/mol. The number of methoxy groups -OCH3 is 1. The third-order valence-electron chi connectivity index (χ3n) is 4.19. The summed E-state index contributed by atoms with van der Waals surface area (Å²) in [4.78, 5) is 42.4. The van der Waals surface area contributed by atoms with E-state index in [1.807, 2.05) is 6.26 Å². The van der Waals surface area contributed by atoms with E-state index in [9.17, 15) is 9.59 Å². The Labute approximate surface area is 177 Å². The Morgan fingerprint density at radius 2 is 2.07 bits per heavy atom. The molecule has 0 saturated carbocycles. The molecular weight excluding hydrogens is 412 g/mol. The summed E-state index contributed by atoms with van der Waals surface area (Å²) in [5, 5.41) is 0.572. The van der Waals surface area contributed by atoms with Crippen LogP contribution >= 0.6 is 11.8 Å². The first-order valence-corrected chi connectivity index (χ1v) is 10.3. The van der Waals surface area contributed by atoms with Crippen LogP contribution < -0.4 is 10.5 Å². The number of ether oxygens (including phenoxy) is 3.